The fourth-order valence-electron chi connectivity index (χ4n) is 4.37. The van der Waals surface area contributed by atoms with Crippen LogP contribution in [-0.4, -0.2) is 34.6 Å². The number of rotatable bonds is 9. The molecule has 0 aliphatic rings. The lowest BCUT2D eigenvalue weighted by atomic mass is 10.0. The minimum absolute atomic E-state index is 0.0550. The quantitative estimate of drug-likeness (QED) is 0.154. The molecule has 37 heavy (non-hydrogen) atoms. The van der Waals surface area contributed by atoms with E-state index in [0.29, 0.717) is 35.0 Å². The minimum atomic E-state index is -0.582. The van der Waals surface area contributed by atoms with Gasteiger partial charge in [-0.2, -0.15) is 0 Å². The van der Waals surface area contributed by atoms with E-state index in [4.69, 9.17) is 9.47 Å². The summed E-state index contributed by atoms with van der Waals surface area (Å²) < 4.78 is 12.9. The van der Waals surface area contributed by atoms with Gasteiger partial charge in [0.25, 0.3) is 11.6 Å². The van der Waals surface area contributed by atoms with Crippen LogP contribution in [0.25, 0.3) is 22.0 Å². The Morgan fingerprint density at radius 3 is 2.43 bits per heavy atom. The van der Waals surface area contributed by atoms with Crippen LogP contribution in [-0.2, 0) is 11.3 Å². The van der Waals surface area contributed by atoms with E-state index < -0.39 is 10.9 Å². The SMILES string of the molecule is CCOC(=O)c1c(-c2ccc([N+](=O)[O-])cc2)csc1NC(=O)c1c(C)c2cc(OCC)ccc2n1CC. The normalized spacial score (nSPS) is 10.9. The van der Waals surface area contributed by atoms with E-state index in [1.807, 2.05) is 43.5 Å². The summed E-state index contributed by atoms with van der Waals surface area (Å²) in [7, 11) is 0. The average Bonchev–Trinajstić information content (AvgIpc) is 3.42. The van der Waals surface area contributed by atoms with Gasteiger partial charge in [0.05, 0.1) is 18.1 Å². The minimum Gasteiger partial charge on any atom is -0.494 e. The number of nitrogens with one attached hydrogen (secondary N) is 1. The average molecular weight is 522 g/mol. The summed E-state index contributed by atoms with van der Waals surface area (Å²) in [5, 5.41) is 17.0. The molecule has 4 rings (SSSR count). The number of aromatic nitrogens is 1. The number of aryl methyl sites for hydroxylation is 2. The molecular formula is C27H27N3O6S. The molecule has 0 fully saturated rings. The number of amides is 1. The molecule has 1 N–H and O–H groups in total. The van der Waals surface area contributed by atoms with Gasteiger partial charge in [0.15, 0.2) is 0 Å². The third-order valence-electron chi connectivity index (χ3n) is 6.02. The van der Waals surface area contributed by atoms with Crippen molar-refractivity contribution in [1.82, 2.24) is 4.57 Å². The standard InChI is InChI=1S/C27H27N3O6S/c1-5-29-22-13-12-19(35-6-2)14-20(22)16(4)24(29)25(31)28-26-23(27(32)36-7-3)21(15-37-26)17-8-10-18(11-9-17)30(33)34/h8-15H,5-7H2,1-4H3,(H,28,31). The Morgan fingerprint density at radius 2 is 1.81 bits per heavy atom. The number of hydrogen-bond donors (Lipinski definition) is 1. The second kappa shape index (κ2) is 10.8. The summed E-state index contributed by atoms with van der Waals surface area (Å²) in [6.07, 6.45) is 0. The molecule has 2 heterocycles. The number of hydrogen-bond acceptors (Lipinski definition) is 7. The Bertz CT molecular complexity index is 1490. The molecular weight excluding hydrogens is 494 g/mol. The molecule has 9 nitrogen and oxygen atoms in total. The van der Waals surface area contributed by atoms with E-state index in [0.717, 1.165) is 22.2 Å². The zero-order valence-corrected chi connectivity index (χ0v) is 21.8. The molecule has 0 bridgehead atoms. The van der Waals surface area contributed by atoms with Crippen molar-refractivity contribution in [3.8, 4) is 16.9 Å². The predicted molar refractivity (Wildman–Crippen MR) is 144 cm³/mol. The van der Waals surface area contributed by atoms with Gasteiger partial charge in [0.2, 0.25) is 0 Å². The van der Waals surface area contributed by atoms with Gasteiger partial charge in [0, 0.05) is 40.5 Å². The summed E-state index contributed by atoms with van der Waals surface area (Å²) in [6, 6.07) is 11.6. The zero-order valence-electron chi connectivity index (χ0n) is 21.0. The van der Waals surface area contributed by atoms with Crippen molar-refractivity contribution in [2.45, 2.75) is 34.2 Å². The summed E-state index contributed by atoms with van der Waals surface area (Å²) in [5.74, 6) is -0.202. The summed E-state index contributed by atoms with van der Waals surface area (Å²) in [5.41, 5.74) is 3.50. The van der Waals surface area contributed by atoms with Gasteiger partial charge in [0.1, 0.15) is 22.0 Å². The van der Waals surface area contributed by atoms with Crippen LogP contribution in [0.5, 0.6) is 5.75 Å². The fourth-order valence-corrected chi connectivity index (χ4v) is 5.32. The van der Waals surface area contributed by atoms with Crippen molar-refractivity contribution in [3.63, 3.8) is 0 Å². The molecule has 0 spiro atoms. The summed E-state index contributed by atoms with van der Waals surface area (Å²) >= 11 is 1.20. The monoisotopic (exact) mass is 521 g/mol. The third kappa shape index (κ3) is 4.92. The van der Waals surface area contributed by atoms with E-state index in [1.165, 1.54) is 23.5 Å². The second-order valence-corrected chi connectivity index (χ2v) is 9.04. The lowest BCUT2D eigenvalue weighted by Gasteiger charge is -2.11. The number of fused-ring (bicyclic) bond motifs is 1. The Hall–Kier alpha value is -4.18. The Balaban J connectivity index is 1.75. The predicted octanol–water partition coefficient (Wildman–Crippen LogP) is 6.43. The molecule has 0 radical (unpaired) electrons. The highest BCUT2D eigenvalue weighted by Crippen LogP contribution is 2.38. The highest BCUT2D eigenvalue weighted by atomic mass is 32.1. The van der Waals surface area contributed by atoms with Crippen LogP contribution < -0.4 is 10.1 Å². The number of carbonyl (C=O) groups is 2. The molecule has 1 amide bonds. The molecule has 0 aliphatic heterocycles. The third-order valence-corrected chi connectivity index (χ3v) is 6.91. The topological polar surface area (TPSA) is 113 Å². The van der Waals surface area contributed by atoms with Crippen LogP contribution in [0.15, 0.2) is 47.8 Å². The van der Waals surface area contributed by atoms with E-state index >= 15 is 0 Å². The van der Waals surface area contributed by atoms with Crippen LogP contribution in [0.4, 0.5) is 10.7 Å². The maximum atomic E-state index is 13.6. The van der Waals surface area contributed by atoms with Crippen molar-refractivity contribution >= 4 is 44.8 Å². The van der Waals surface area contributed by atoms with Gasteiger partial charge in [-0.25, -0.2) is 4.79 Å². The first-order chi connectivity index (χ1) is 17.8. The van der Waals surface area contributed by atoms with Gasteiger partial charge in [-0.15, -0.1) is 11.3 Å². The van der Waals surface area contributed by atoms with Crippen LogP contribution in [0, 0.1) is 17.0 Å². The second-order valence-electron chi connectivity index (χ2n) is 8.16. The largest absolute Gasteiger partial charge is 0.494 e. The summed E-state index contributed by atoms with van der Waals surface area (Å²) in [4.78, 5) is 37.1. The fraction of sp³-hybridized carbons (Fsp3) is 0.259. The number of thiophene rings is 1. The number of nitrogens with zero attached hydrogens (tertiary/aromatic N) is 2. The number of anilines is 1. The van der Waals surface area contributed by atoms with Gasteiger partial charge in [-0.05, 0) is 69.2 Å². The van der Waals surface area contributed by atoms with Crippen molar-refractivity contribution in [2.75, 3.05) is 18.5 Å². The molecule has 2 aromatic carbocycles. The highest BCUT2D eigenvalue weighted by molar-refractivity contribution is 7.15. The maximum absolute atomic E-state index is 13.6. The summed E-state index contributed by atoms with van der Waals surface area (Å²) in [6.45, 7) is 8.75. The number of esters is 1. The van der Waals surface area contributed by atoms with E-state index in [9.17, 15) is 19.7 Å². The molecule has 0 saturated carbocycles. The zero-order chi connectivity index (χ0) is 26.7. The molecule has 192 valence electrons. The lowest BCUT2D eigenvalue weighted by molar-refractivity contribution is -0.384. The van der Waals surface area contributed by atoms with Crippen LogP contribution in [0.3, 0.4) is 0 Å². The molecule has 0 aliphatic carbocycles. The Labute approximate surface area is 217 Å². The molecule has 0 unspecified atom stereocenters. The van der Waals surface area contributed by atoms with Gasteiger partial charge >= 0.3 is 5.97 Å². The Kier molecular flexibility index (Phi) is 7.58. The highest BCUT2D eigenvalue weighted by Gasteiger charge is 2.26. The number of nitro benzene ring substituents is 1. The van der Waals surface area contributed by atoms with Crippen molar-refractivity contribution in [1.29, 1.82) is 0 Å². The van der Waals surface area contributed by atoms with Crippen LogP contribution in [0.2, 0.25) is 0 Å². The number of ether oxygens (including phenoxy) is 2. The Morgan fingerprint density at radius 1 is 1.08 bits per heavy atom. The first-order valence-electron chi connectivity index (χ1n) is 11.9. The first kappa shape index (κ1) is 25.9. The van der Waals surface area contributed by atoms with Gasteiger partial charge in [-0.1, -0.05) is 0 Å². The van der Waals surface area contributed by atoms with Crippen molar-refractivity contribution in [3.05, 3.63) is 74.8 Å². The van der Waals surface area contributed by atoms with Crippen LogP contribution >= 0.6 is 11.3 Å². The lowest BCUT2D eigenvalue weighted by Crippen LogP contribution is -2.19. The van der Waals surface area contributed by atoms with Crippen molar-refractivity contribution in [2.24, 2.45) is 0 Å². The van der Waals surface area contributed by atoms with Crippen molar-refractivity contribution < 1.29 is 24.0 Å². The molecule has 2 aromatic heterocycles. The van der Waals surface area contributed by atoms with Gasteiger partial charge in [-0.3, -0.25) is 14.9 Å². The molecule has 4 aromatic rings. The number of non-ortho nitro benzene ring substituents is 1. The number of nitro groups is 1. The van der Waals surface area contributed by atoms with Gasteiger partial charge < -0.3 is 19.4 Å². The first-order valence-corrected chi connectivity index (χ1v) is 12.8. The number of carbonyl (C=O) groups excluding carboxylic acids is 2. The molecule has 0 saturated heterocycles. The molecule has 10 heteroatoms. The van der Waals surface area contributed by atoms with E-state index in [-0.39, 0.29) is 23.8 Å². The smallest absolute Gasteiger partial charge is 0.341 e. The maximum Gasteiger partial charge on any atom is 0.341 e. The van der Waals surface area contributed by atoms with Crippen LogP contribution in [0.1, 0.15) is 47.2 Å². The van der Waals surface area contributed by atoms with E-state index in [2.05, 4.69) is 5.32 Å². The van der Waals surface area contributed by atoms with E-state index in [1.54, 1.807) is 24.4 Å². The number of benzene rings is 2. The molecule has 0 atom stereocenters.